The second kappa shape index (κ2) is 6.19. The fourth-order valence-electron chi connectivity index (χ4n) is 1.33. The topological polar surface area (TPSA) is 64.3 Å². The SMILES string of the molecule is C#CCN(CC#N)C(=O)Cc1ccc(O)cc1. The number of hydrogen-bond donors (Lipinski definition) is 1. The molecule has 1 rings (SSSR count). The second-order valence-corrected chi connectivity index (χ2v) is 3.46. The molecule has 1 amide bonds. The Morgan fingerprint density at radius 1 is 1.35 bits per heavy atom. The van der Waals surface area contributed by atoms with Crippen LogP contribution in [0.4, 0.5) is 0 Å². The summed E-state index contributed by atoms with van der Waals surface area (Å²) < 4.78 is 0. The van der Waals surface area contributed by atoms with Gasteiger partial charge in [0.1, 0.15) is 12.3 Å². The van der Waals surface area contributed by atoms with Crippen molar-refractivity contribution in [2.24, 2.45) is 0 Å². The molecule has 17 heavy (non-hydrogen) atoms. The van der Waals surface area contributed by atoms with Crippen LogP contribution in [0.15, 0.2) is 24.3 Å². The zero-order valence-electron chi connectivity index (χ0n) is 9.26. The van der Waals surface area contributed by atoms with Gasteiger partial charge in [0.2, 0.25) is 5.91 Å². The molecule has 1 aromatic rings. The number of nitriles is 1. The number of phenols is 1. The average Bonchev–Trinajstić information content (AvgIpc) is 2.32. The first kappa shape index (κ1) is 12.6. The quantitative estimate of drug-likeness (QED) is 0.615. The van der Waals surface area contributed by atoms with Crippen molar-refractivity contribution >= 4 is 5.91 Å². The Balaban J connectivity index is 2.67. The molecule has 0 saturated heterocycles. The van der Waals surface area contributed by atoms with Gasteiger partial charge >= 0.3 is 0 Å². The molecule has 1 N–H and O–H groups in total. The number of hydrogen-bond acceptors (Lipinski definition) is 3. The third kappa shape index (κ3) is 3.89. The molecule has 0 saturated carbocycles. The highest BCUT2D eigenvalue weighted by molar-refractivity contribution is 5.79. The summed E-state index contributed by atoms with van der Waals surface area (Å²) in [5, 5.41) is 17.7. The zero-order valence-corrected chi connectivity index (χ0v) is 9.26. The Hall–Kier alpha value is -2.46. The molecule has 1 aromatic carbocycles. The predicted octanol–water partition coefficient (Wildman–Crippen LogP) is 0.920. The molecule has 0 heterocycles. The molecule has 86 valence electrons. The summed E-state index contributed by atoms with van der Waals surface area (Å²) in [6.45, 7) is 0.117. The highest BCUT2D eigenvalue weighted by Crippen LogP contribution is 2.10. The molecule has 0 spiro atoms. The Labute approximate surface area is 100 Å². The Kier molecular flexibility index (Phi) is 4.59. The van der Waals surface area contributed by atoms with Crippen LogP contribution in [0.5, 0.6) is 5.75 Å². The highest BCUT2D eigenvalue weighted by Gasteiger charge is 2.12. The van der Waals surface area contributed by atoms with Gasteiger partial charge in [0.15, 0.2) is 0 Å². The monoisotopic (exact) mass is 228 g/mol. The van der Waals surface area contributed by atoms with Crippen LogP contribution in [0, 0.1) is 23.7 Å². The van der Waals surface area contributed by atoms with Crippen molar-refractivity contribution < 1.29 is 9.90 Å². The molecule has 0 bridgehead atoms. The van der Waals surface area contributed by atoms with Crippen LogP contribution < -0.4 is 0 Å². The number of benzene rings is 1. The van der Waals surface area contributed by atoms with Crippen LogP contribution in [-0.2, 0) is 11.2 Å². The van der Waals surface area contributed by atoms with Gasteiger partial charge in [-0.2, -0.15) is 5.26 Å². The van der Waals surface area contributed by atoms with Crippen molar-refractivity contribution in [2.45, 2.75) is 6.42 Å². The zero-order chi connectivity index (χ0) is 12.7. The molecule has 0 radical (unpaired) electrons. The van der Waals surface area contributed by atoms with Gasteiger partial charge in [-0.3, -0.25) is 4.79 Å². The molecule has 0 aromatic heterocycles. The number of carbonyl (C=O) groups excluding carboxylic acids is 1. The van der Waals surface area contributed by atoms with E-state index in [4.69, 9.17) is 16.8 Å². The van der Waals surface area contributed by atoms with E-state index in [1.54, 1.807) is 12.1 Å². The van der Waals surface area contributed by atoms with E-state index in [2.05, 4.69) is 5.92 Å². The molecule has 0 atom stereocenters. The smallest absolute Gasteiger partial charge is 0.228 e. The summed E-state index contributed by atoms with van der Waals surface area (Å²) in [5.41, 5.74) is 0.771. The van der Waals surface area contributed by atoms with Crippen molar-refractivity contribution in [1.29, 1.82) is 5.26 Å². The maximum atomic E-state index is 11.8. The number of terminal acetylenes is 1. The van der Waals surface area contributed by atoms with Gasteiger partial charge < -0.3 is 10.0 Å². The lowest BCUT2D eigenvalue weighted by Gasteiger charge is -2.16. The maximum absolute atomic E-state index is 11.8. The summed E-state index contributed by atoms with van der Waals surface area (Å²) in [6, 6.07) is 8.24. The van der Waals surface area contributed by atoms with E-state index >= 15 is 0 Å². The van der Waals surface area contributed by atoms with Gasteiger partial charge in [-0.1, -0.05) is 18.1 Å². The average molecular weight is 228 g/mol. The number of amides is 1. The number of phenolic OH excluding ortho intramolecular Hbond substituents is 1. The highest BCUT2D eigenvalue weighted by atomic mass is 16.3. The maximum Gasteiger partial charge on any atom is 0.228 e. The van der Waals surface area contributed by atoms with Gasteiger partial charge in [0, 0.05) is 0 Å². The first-order chi connectivity index (χ1) is 8.17. The van der Waals surface area contributed by atoms with E-state index in [9.17, 15) is 4.79 Å². The predicted molar refractivity (Wildman–Crippen MR) is 62.8 cm³/mol. The van der Waals surface area contributed by atoms with Crippen molar-refractivity contribution in [3.8, 4) is 24.2 Å². The lowest BCUT2D eigenvalue weighted by atomic mass is 10.1. The first-order valence-corrected chi connectivity index (χ1v) is 5.03. The molecular weight excluding hydrogens is 216 g/mol. The van der Waals surface area contributed by atoms with Crippen LogP contribution in [0.2, 0.25) is 0 Å². The lowest BCUT2D eigenvalue weighted by molar-refractivity contribution is -0.129. The summed E-state index contributed by atoms with van der Waals surface area (Å²) in [6.07, 6.45) is 5.29. The van der Waals surface area contributed by atoms with E-state index in [0.717, 1.165) is 5.56 Å². The van der Waals surface area contributed by atoms with Gasteiger partial charge in [-0.15, -0.1) is 6.42 Å². The molecule has 0 aliphatic rings. The summed E-state index contributed by atoms with van der Waals surface area (Å²) in [4.78, 5) is 13.1. The van der Waals surface area contributed by atoms with Crippen molar-refractivity contribution in [1.82, 2.24) is 4.90 Å². The largest absolute Gasteiger partial charge is 0.508 e. The van der Waals surface area contributed by atoms with Crippen molar-refractivity contribution in [3.05, 3.63) is 29.8 Å². The molecule has 4 heteroatoms. The fraction of sp³-hybridized carbons (Fsp3) is 0.231. The molecule has 0 aliphatic heterocycles. The van der Waals surface area contributed by atoms with Gasteiger partial charge in [0.25, 0.3) is 0 Å². The second-order valence-electron chi connectivity index (χ2n) is 3.46. The molecule has 4 nitrogen and oxygen atoms in total. The first-order valence-electron chi connectivity index (χ1n) is 5.03. The normalized spacial score (nSPS) is 9.06. The molecule has 0 fully saturated rings. The van der Waals surface area contributed by atoms with E-state index < -0.39 is 0 Å². The van der Waals surface area contributed by atoms with E-state index in [0.29, 0.717) is 0 Å². The summed E-state index contributed by atoms with van der Waals surface area (Å²) in [7, 11) is 0. The number of aromatic hydroxyl groups is 1. The van der Waals surface area contributed by atoms with Crippen LogP contribution in [0.1, 0.15) is 5.56 Å². The summed E-state index contributed by atoms with van der Waals surface area (Å²) in [5.74, 6) is 2.30. The number of carbonyl (C=O) groups is 1. The fourth-order valence-corrected chi connectivity index (χ4v) is 1.33. The van der Waals surface area contributed by atoms with Crippen molar-refractivity contribution in [3.63, 3.8) is 0 Å². The molecule has 0 aliphatic carbocycles. The molecule has 0 unspecified atom stereocenters. The molecular formula is C13H12N2O2. The minimum atomic E-state index is -0.199. The van der Waals surface area contributed by atoms with Gasteiger partial charge in [-0.05, 0) is 17.7 Å². The van der Waals surface area contributed by atoms with Gasteiger partial charge in [0.05, 0.1) is 19.0 Å². The third-order valence-electron chi connectivity index (χ3n) is 2.19. The van der Waals surface area contributed by atoms with Crippen molar-refractivity contribution in [2.75, 3.05) is 13.1 Å². The third-order valence-corrected chi connectivity index (χ3v) is 2.19. The standard InChI is InChI=1S/C13H12N2O2/c1-2-8-15(9-7-14)13(17)10-11-3-5-12(16)6-4-11/h1,3-6,16H,8-10H2. The van der Waals surface area contributed by atoms with E-state index in [1.165, 1.54) is 17.0 Å². The lowest BCUT2D eigenvalue weighted by Crippen LogP contribution is -2.33. The minimum Gasteiger partial charge on any atom is -0.508 e. The minimum absolute atomic E-state index is 0.0128. The number of nitrogens with zero attached hydrogens (tertiary/aromatic N) is 2. The Bertz CT molecular complexity index is 450. The Morgan fingerprint density at radius 2 is 2.00 bits per heavy atom. The Morgan fingerprint density at radius 3 is 2.53 bits per heavy atom. The van der Waals surface area contributed by atoms with Crippen LogP contribution in [-0.4, -0.2) is 29.0 Å². The van der Waals surface area contributed by atoms with Crippen LogP contribution >= 0.6 is 0 Å². The van der Waals surface area contributed by atoms with E-state index in [1.807, 2.05) is 6.07 Å². The number of rotatable bonds is 4. The van der Waals surface area contributed by atoms with Crippen LogP contribution in [0.25, 0.3) is 0 Å². The summed E-state index contributed by atoms with van der Waals surface area (Å²) >= 11 is 0. The van der Waals surface area contributed by atoms with Gasteiger partial charge in [-0.25, -0.2) is 0 Å². The van der Waals surface area contributed by atoms with Crippen LogP contribution in [0.3, 0.4) is 0 Å². The van der Waals surface area contributed by atoms with E-state index in [-0.39, 0.29) is 31.2 Å².